The van der Waals surface area contributed by atoms with Crippen LogP contribution in [-0.2, 0) is 10.3 Å². The van der Waals surface area contributed by atoms with Crippen molar-refractivity contribution < 1.29 is 17.5 Å². The highest BCUT2D eigenvalue weighted by Crippen LogP contribution is 2.35. The third-order valence-corrected chi connectivity index (χ3v) is 7.07. The third kappa shape index (κ3) is 4.00. The maximum absolute atomic E-state index is 13.2. The molecule has 1 aromatic heterocycles. The van der Waals surface area contributed by atoms with Gasteiger partial charge in [0.05, 0.1) is 17.3 Å². The third-order valence-electron chi connectivity index (χ3n) is 7.07. The van der Waals surface area contributed by atoms with Crippen LogP contribution in [0.2, 0.25) is 0 Å². The summed E-state index contributed by atoms with van der Waals surface area (Å²) in [6, 6.07) is 15.5. The number of nitrogens with one attached hydrogen (secondary N) is 1. The lowest BCUT2D eigenvalue weighted by Gasteiger charge is -2.39. The number of benzene rings is 2. The van der Waals surface area contributed by atoms with Crippen molar-refractivity contribution in [1.29, 1.82) is 5.26 Å². The van der Waals surface area contributed by atoms with Gasteiger partial charge in [-0.05, 0) is 49.2 Å². The molecule has 0 radical (unpaired) electrons. The smallest absolute Gasteiger partial charge is 0.253 e. The fraction of sp³-hybridized carbons (Fsp3) is 0.370. The zero-order valence-electron chi connectivity index (χ0n) is 19.5. The summed E-state index contributed by atoms with van der Waals surface area (Å²) in [7, 11) is 0. The highest BCUT2D eigenvalue weighted by molar-refractivity contribution is 5.96. The van der Waals surface area contributed by atoms with E-state index in [0.717, 1.165) is 28.1 Å². The van der Waals surface area contributed by atoms with Crippen LogP contribution < -0.4 is 0 Å². The lowest BCUT2D eigenvalue weighted by molar-refractivity contribution is -0.0729. The van der Waals surface area contributed by atoms with Crippen LogP contribution >= 0.6 is 0 Å². The minimum absolute atomic E-state index is 0. The van der Waals surface area contributed by atoms with Gasteiger partial charge in [-0.15, -0.1) is 0 Å². The molecule has 0 bridgehead atoms. The summed E-state index contributed by atoms with van der Waals surface area (Å²) in [5.74, 6) is 0.855. The van der Waals surface area contributed by atoms with E-state index in [2.05, 4.69) is 11.1 Å². The summed E-state index contributed by atoms with van der Waals surface area (Å²) >= 11 is 0. The van der Waals surface area contributed by atoms with Gasteiger partial charge in [0.25, 0.3) is 5.91 Å². The molecule has 1 amide bonds. The number of nitriles is 1. The second kappa shape index (κ2) is 8.71. The zero-order chi connectivity index (χ0) is 23.9. The van der Waals surface area contributed by atoms with Crippen LogP contribution in [0, 0.1) is 25.2 Å². The van der Waals surface area contributed by atoms with Gasteiger partial charge < -0.3 is 19.7 Å². The number of aromatic nitrogens is 2. The molecule has 34 heavy (non-hydrogen) atoms. The van der Waals surface area contributed by atoms with Gasteiger partial charge >= 0.3 is 0 Å². The molecule has 3 aromatic rings. The predicted octanol–water partition coefficient (Wildman–Crippen LogP) is 4.29. The number of carbonyl (C=O) groups is 1. The van der Waals surface area contributed by atoms with E-state index in [-0.39, 0.29) is 14.7 Å². The first-order valence-electron chi connectivity index (χ1n) is 11.7. The minimum atomic E-state index is -1.01. The fourth-order valence-electron chi connectivity index (χ4n) is 4.77. The molecule has 0 atom stereocenters. The first kappa shape index (κ1) is 22.3. The van der Waals surface area contributed by atoms with Crippen LogP contribution in [0.15, 0.2) is 42.5 Å². The monoisotopic (exact) mass is 460 g/mol. The summed E-state index contributed by atoms with van der Waals surface area (Å²) in [5, 5.41) is 20.0. The Labute approximate surface area is 202 Å². The van der Waals surface area contributed by atoms with Crippen molar-refractivity contribution in [3.63, 3.8) is 0 Å². The Kier molecular flexibility index (Phi) is 5.72. The summed E-state index contributed by atoms with van der Waals surface area (Å²) < 4.78 is 5.40. The molecule has 0 saturated carbocycles. The number of imidazole rings is 1. The molecular formula is C27H32N4O3. The molecule has 2 aliphatic heterocycles. The van der Waals surface area contributed by atoms with Gasteiger partial charge in [0.15, 0.2) is 0 Å². The number of aromatic amines is 1. The quantitative estimate of drug-likeness (QED) is 0.605. The minimum Gasteiger partial charge on any atom is -0.382 e. The van der Waals surface area contributed by atoms with E-state index in [1.807, 2.05) is 61.2 Å². The molecule has 2 fully saturated rings. The molecule has 3 heterocycles. The topological polar surface area (TPSA) is 102 Å². The number of carbonyl (C=O) groups excluding carboxylic acids is 1. The molecule has 0 unspecified atom stereocenters. The molecule has 0 spiro atoms. The van der Waals surface area contributed by atoms with Crippen molar-refractivity contribution >= 4 is 5.91 Å². The van der Waals surface area contributed by atoms with Crippen molar-refractivity contribution in [3.05, 3.63) is 76.2 Å². The maximum Gasteiger partial charge on any atom is 0.253 e. The van der Waals surface area contributed by atoms with Gasteiger partial charge in [-0.3, -0.25) is 4.79 Å². The van der Waals surface area contributed by atoms with E-state index in [0.29, 0.717) is 56.1 Å². The van der Waals surface area contributed by atoms with Crippen LogP contribution in [0.4, 0.5) is 0 Å². The Hall–Kier alpha value is -3.47. The summed E-state index contributed by atoms with van der Waals surface area (Å²) in [5.41, 5.74) is 4.96. The fourth-order valence-corrected chi connectivity index (χ4v) is 4.77. The Balaban J connectivity index is 0.00000180. The van der Waals surface area contributed by atoms with Crippen LogP contribution in [-0.4, -0.2) is 52.2 Å². The molecule has 2 saturated heterocycles. The Morgan fingerprint density at radius 2 is 1.91 bits per heavy atom. The average Bonchev–Trinajstić information content (AvgIpc) is 3.21. The summed E-state index contributed by atoms with van der Waals surface area (Å²) in [4.78, 5) is 23.1. The molecule has 178 valence electrons. The van der Waals surface area contributed by atoms with Gasteiger partial charge in [0.2, 0.25) is 0 Å². The van der Waals surface area contributed by atoms with Crippen LogP contribution in [0.3, 0.4) is 0 Å². The highest BCUT2D eigenvalue weighted by Gasteiger charge is 2.36. The van der Waals surface area contributed by atoms with E-state index in [4.69, 9.17) is 15.0 Å². The highest BCUT2D eigenvalue weighted by atomic mass is 16.5. The van der Waals surface area contributed by atoms with Gasteiger partial charge in [0.1, 0.15) is 11.4 Å². The van der Waals surface area contributed by atoms with Gasteiger partial charge in [0, 0.05) is 64.7 Å². The molecule has 2 N–H and O–H groups in total. The average molecular weight is 461 g/mol. The van der Waals surface area contributed by atoms with Crippen molar-refractivity contribution in [2.75, 3.05) is 26.3 Å². The Morgan fingerprint density at radius 1 is 1.21 bits per heavy atom. The number of aryl methyl sites for hydroxylation is 2. The predicted molar refractivity (Wildman–Crippen MR) is 131 cm³/mol. The standard InChI is InChI=1S/C27H28N4O3.2H2/c1-17-3-6-21(25(32)31-15-22(16-31)20-7-4-19(14-28)5-8-20)13-23(17)24-18(2)29-26(30-24)27(33)9-11-34-12-10-27;;/h3-8,13,22,33H,9-12,15-16H2,1-2H3,(H,29,30);2*1H. The lowest BCUT2D eigenvalue weighted by Crippen LogP contribution is -2.48. The van der Waals surface area contributed by atoms with E-state index < -0.39 is 5.60 Å². The zero-order valence-corrected chi connectivity index (χ0v) is 19.5. The van der Waals surface area contributed by atoms with Crippen molar-refractivity contribution in [1.82, 2.24) is 14.9 Å². The number of hydrogen-bond acceptors (Lipinski definition) is 5. The number of nitrogens with zero attached hydrogens (tertiary/aromatic N) is 3. The van der Waals surface area contributed by atoms with Crippen molar-refractivity contribution in [2.45, 2.75) is 38.2 Å². The van der Waals surface area contributed by atoms with Crippen molar-refractivity contribution in [3.8, 4) is 17.3 Å². The number of rotatable bonds is 4. The molecule has 5 rings (SSSR count). The van der Waals surface area contributed by atoms with Crippen LogP contribution in [0.25, 0.3) is 11.3 Å². The van der Waals surface area contributed by atoms with Gasteiger partial charge in [-0.25, -0.2) is 4.98 Å². The lowest BCUT2D eigenvalue weighted by atomic mass is 9.90. The number of aliphatic hydroxyl groups is 1. The molecule has 0 aliphatic carbocycles. The van der Waals surface area contributed by atoms with E-state index >= 15 is 0 Å². The van der Waals surface area contributed by atoms with Crippen LogP contribution in [0.1, 0.15) is 60.2 Å². The SMILES string of the molecule is Cc1ccc(C(=O)N2CC(c3ccc(C#N)cc3)C2)cc1-c1nc(C2(O)CCOCC2)[nH]c1C.[HH].[HH]. The number of H-pyrrole nitrogens is 1. The Bertz CT molecular complexity index is 1270. The van der Waals surface area contributed by atoms with Gasteiger partial charge in [-0.2, -0.15) is 5.26 Å². The first-order chi connectivity index (χ1) is 16.4. The number of likely N-dealkylation sites (tertiary alicyclic amines) is 1. The molecular weight excluding hydrogens is 428 g/mol. The largest absolute Gasteiger partial charge is 0.382 e. The second-order valence-corrected chi connectivity index (χ2v) is 9.37. The normalized spacial score (nSPS) is 17.8. The Morgan fingerprint density at radius 3 is 2.59 bits per heavy atom. The molecule has 7 nitrogen and oxygen atoms in total. The van der Waals surface area contributed by atoms with Gasteiger partial charge in [-0.1, -0.05) is 18.2 Å². The number of amides is 1. The summed E-state index contributed by atoms with van der Waals surface area (Å²) in [6.45, 7) is 6.29. The summed E-state index contributed by atoms with van der Waals surface area (Å²) in [6.07, 6.45) is 1.01. The van der Waals surface area contributed by atoms with Crippen molar-refractivity contribution in [2.24, 2.45) is 0 Å². The maximum atomic E-state index is 13.2. The van der Waals surface area contributed by atoms with Crippen LogP contribution in [0.5, 0.6) is 0 Å². The number of hydrogen-bond donors (Lipinski definition) is 2. The van der Waals surface area contributed by atoms with E-state index in [9.17, 15) is 9.90 Å². The molecule has 2 aliphatic rings. The second-order valence-electron chi connectivity index (χ2n) is 9.37. The van der Waals surface area contributed by atoms with E-state index in [1.165, 1.54) is 0 Å². The van der Waals surface area contributed by atoms with E-state index in [1.54, 1.807) is 0 Å². The molecule has 7 heteroatoms. The number of ether oxygens (including phenoxy) is 1. The first-order valence-corrected chi connectivity index (χ1v) is 11.7. The molecule has 2 aromatic carbocycles.